The van der Waals surface area contributed by atoms with Gasteiger partial charge in [0.05, 0.1) is 6.04 Å². The third kappa shape index (κ3) is 3.51. The van der Waals surface area contributed by atoms with Gasteiger partial charge in [0, 0.05) is 19.5 Å². The van der Waals surface area contributed by atoms with Gasteiger partial charge < -0.3 is 15.7 Å². The number of hydrogen-bond donors (Lipinski definition) is 2. The second kappa shape index (κ2) is 5.11. The lowest BCUT2D eigenvalue weighted by molar-refractivity contribution is -0.137. The molecule has 2 unspecified atom stereocenters. The first-order valence-corrected chi connectivity index (χ1v) is 5.27. The number of carboxylic acids is 1. The van der Waals surface area contributed by atoms with E-state index in [-0.39, 0.29) is 12.3 Å². The number of nitrogens with two attached hydrogens (primary N) is 1. The molecule has 5 heteroatoms. The largest absolute Gasteiger partial charge is 0.481 e. The van der Waals surface area contributed by atoms with Crippen LogP contribution in [0.3, 0.4) is 0 Å². The molecule has 15 heavy (non-hydrogen) atoms. The van der Waals surface area contributed by atoms with Gasteiger partial charge in [-0.15, -0.1) is 0 Å². The molecule has 0 aromatic heterocycles. The molecule has 3 N–H and O–H groups in total. The average molecular weight is 214 g/mol. The zero-order valence-electron chi connectivity index (χ0n) is 8.98. The summed E-state index contributed by atoms with van der Waals surface area (Å²) in [6.45, 7) is 3.05. The molecule has 0 radical (unpaired) electrons. The van der Waals surface area contributed by atoms with Crippen molar-refractivity contribution in [2.75, 3.05) is 13.1 Å². The van der Waals surface area contributed by atoms with Crippen LogP contribution in [0, 0.1) is 5.92 Å². The minimum absolute atomic E-state index is 0.0344. The maximum Gasteiger partial charge on any atom is 0.303 e. The van der Waals surface area contributed by atoms with Gasteiger partial charge in [-0.1, -0.05) is 0 Å². The van der Waals surface area contributed by atoms with E-state index >= 15 is 0 Å². The molecule has 0 saturated carbocycles. The second-order valence-electron chi connectivity index (χ2n) is 4.16. The third-order valence-corrected chi connectivity index (χ3v) is 2.75. The van der Waals surface area contributed by atoms with E-state index in [0.717, 1.165) is 6.42 Å². The Morgan fingerprint density at radius 2 is 2.27 bits per heavy atom. The fraction of sp³-hybridized carbons (Fsp3) is 0.800. The van der Waals surface area contributed by atoms with Crippen molar-refractivity contribution in [1.82, 2.24) is 4.90 Å². The molecule has 1 heterocycles. The Labute approximate surface area is 89.2 Å². The van der Waals surface area contributed by atoms with Crippen molar-refractivity contribution in [2.45, 2.75) is 32.2 Å². The minimum Gasteiger partial charge on any atom is -0.481 e. The molecule has 0 aromatic carbocycles. The standard InChI is InChI=1S/C10H18N2O3/c1-7(11)10(15)12-5-4-8(6-12)2-3-9(13)14/h7-8H,2-6,11H2,1H3,(H,13,14). The first kappa shape index (κ1) is 12.0. The van der Waals surface area contributed by atoms with Crippen LogP contribution >= 0.6 is 0 Å². The number of nitrogens with zero attached hydrogens (tertiary/aromatic N) is 1. The molecule has 2 atom stereocenters. The SMILES string of the molecule is CC(N)C(=O)N1CCC(CCC(=O)O)C1. The monoisotopic (exact) mass is 214 g/mol. The lowest BCUT2D eigenvalue weighted by Crippen LogP contribution is -2.40. The van der Waals surface area contributed by atoms with Gasteiger partial charge in [-0.2, -0.15) is 0 Å². The smallest absolute Gasteiger partial charge is 0.303 e. The molecule has 1 rings (SSSR count). The van der Waals surface area contributed by atoms with E-state index in [1.807, 2.05) is 0 Å². The summed E-state index contributed by atoms with van der Waals surface area (Å²) >= 11 is 0. The average Bonchev–Trinajstić information content (AvgIpc) is 2.61. The number of carbonyl (C=O) groups is 2. The van der Waals surface area contributed by atoms with E-state index < -0.39 is 12.0 Å². The number of rotatable bonds is 4. The highest BCUT2D eigenvalue weighted by molar-refractivity contribution is 5.81. The molecule has 0 spiro atoms. The Kier molecular flexibility index (Phi) is 4.08. The lowest BCUT2D eigenvalue weighted by Gasteiger charge is -2.18. The third-order valence-electron chi connectivity index (χ3n) is 2.75. The normalized spacial score (nSPS) is 22.8. The molecule has 1 saturated heterocycles. The maximum absolute atomic E-state index is 11.5. The van der Waals surface area contributed by atoms with Gasteiger partial charge in [0.2, 0.25) is 5.91 Å². The minimum atomic E-state index is -0.771. The van der Waals surface area contributed by atoms with E-state index in [0.29, 0.717) is 25.4 Å². The molecule has 0 aliphatic carbocycles. The summed E-state index contributed by atoms with van der Waals surface area (Å²) in [6.07, 6.45) is 1.73. The van der Waals surface area contributed by atoms with Gasteiger partial charge in [0.25, 0.3) is 0 Å². The fourth-order valence-electron chi connectivity index (χ4n) is 1.88. The van der Waals surface area contributed by atoms with Crippen LogP contribution in [0.2, 0.25) is 0 Å². The Morgan fingerprint density at radius 1 is 1.60 bits per heavy atom. The summed E-state index contributed by atoms with van der Waals surface area (Å²) in [7, 11) is 0. The highest BCUT2D eigenvalue weighted by Gasteiger charge is 2.27. The fourth-order valence-corrected chi connectivity index (χ4v) is 1.88. The van der Waals surface area contributed by atoms with Gasteiger partial charge >= 0.3 is 5.97 Å². The van der Waals surface area contributed by atoms with Crippen LogP contribution in [0.4, 0.5) is 0 Å². The molecule has 0 bridgehead atoms. The number of aliphatic carboxylic acids is 1. The predicted molar refractivity (Wildman–Crippen MR) is 55.2 cm³/mol. The van der Waals surface area contributed by atoms with E-state index in [1.165, 1.54) is 0 Å². The van der Waals surface area contributed by atoms with Crippen molar-refractivity contribution in [1.29, 1.82) is 0 Å². The van der Waals surface area contributed by atoms with Crippen molar-refractivity contribution < 1.29 is 14.7 Å². The summed E-state index contributed by atoms with van der Waals surface area (Å²) in [5.41, 5.74) is 5.50. The number of carbonyl (C=O) groups excluding carboxylic acids is 1. The number of carboxylic acid groups (broad SMARTS) is 1. The van der Waals surface area contributed by atoms with Crippen LogP contribution in [0.1, 0.15) is 26.2 Å². The summed E-state index contributed by atoms with van der Waals surface area (Å²) in [5.74, 6) is -0.483. The van der Waals surface area contributed by atoms with Gasteiger partial charge in [-0.25, -0.2) is 0 Å². The Balaban J connectivity index is 2.32. The number of likely N-dealkylation sites (tertiary alicyclic amines) is 1. The molecular formula is C10H18N2O3. The van der Waals surface area contributed by atoms with E-state index in [2.05, 4.69) is 0 Å². The summed E-state index contributed by atoms with van der Waals surface area (Å²) in [4.78, 5) is 23.6. The predicted octanol–water partition coefficient (Wildman–Crippen LogP) is 0.0469. The van der Waals surface area contributed by atoms with Crippen LogP contribution in [0.5, 0.6) is 0 Å². The van der Waals surface area contributed by atoms with Crippen molar-refractivity contribution in [3.05, 3.63) is 0 Å². The number of amides is 1. The van der Waals surface area contributed by atoms with E-state index in [4.69, 9.17) is 10.8 Å². The Hall–Kier alpha value is -1.10. The van der Waals surface area contributed by atoms with E-state index in [1.54, 1.807) is 11.8 Å². The molecule has 1 aliphatic rings. The van der Waals surface area contributed by atoms with Crippen LogP contribution < -0.4 is 5.73 Å². The first-order chi connectivity index (χ1) is 7.00. The molecule has 1 aliphatic heterocycles. The summed E-state index contributed by atoms with van der Waals surface area (Å²) in [6, 6.07) is -0.455. The maximum atomic E-state index is 11.5. The molecule has 5 nitrogen and oxygen atoms in total. The number of hydrogen-bond acceptors (Lipinski definition) is 3. The highest BCUT2D eigenvalue weighted by atomic mass is 16.4. The van der Waals surface area contributed by atoms with Crippen LogP contribution in [-0.4, -0.2) is 41.0 Å². The molecular weight excluding hydrogens is 196 g/mol. The highest BCUT2D eigenvalue weighted by Crippen LogP contribution is 2.21. The lowest BCUT2D eigenvalue weighted by atomic mass is 10.0. The molecule has 86 valence electrons. The summed E-state index contributed by atoms with van der Waals surface area (Å²) < 4.78 is 0. The van der Waals surface area contributed by atoms with Gasteiger partial charge in [-0.3, -0.25) is 9.59 Å². The van der Waals surface area contributed by atoms with E-state index in [9.17, 15) is 9.59 Å². The zero-order chi connectivity index (χ0) is 11.4. The molecule has 0 aromatic rings. The van der Waals surface area contributed by atoms with Crippen LogP contribution in [0.25, 0.3) is 0 Å². The zero-order valence-corrected chi connectivity index (χ0v) is 8.98. The first-order valence-electron chi connectivity index (χ1n) is 5.27. The van der Waals surface area contributed by atoms with Crippen LogP contribution in [0.15, 0.2) is 0 Å². The second-order valence-corrected chi connectivity index (χ2v) is 4.16. The van der Waals surface area contributed by atoms with Gasteiger partial charge in [0.1, 0.15) is 0 Å². The molecule has 1 fully saturated rings. The summed E-state index contributed by atoms with van der Waals surface area (Å²) in [5, 5.41) is 8.54. The van der Waals surface area contributed by atoms with Gasteiger partial charge in [-0.05, 0) is 25.7 Å². The van der Waals surface area contributed by atoms with Crippen molar-refractivity contribution in [2.24, 2.45) is 11.7 Å². The van der Waals surface area contributed by atoms with Gasteiger partial charge in [0.15, 0.2) is 0 Å². The van der Waals surface area contributed by atoms with Crippen molar-refractivity contribution in [3.63, 3.8) is 0 Å². The Morgan fingerprint density at radius 3 is 2.80 bits per heavy atom. The Bertz CT molecular complexity index is 253. The quantitative estimate of drug-likeness (QED) is 0.692. The van der Waals surface area contributed by atoms with Crippen molar-refractivity contribution >= 4 is 11.9 Å². The van der Waals surface area contributed by atoms with Crippen LogP contribution in [-0.2, 0) is 9.59 Å². The van der Waals surface area contributed by atoms with Crippen molar-refractivity contribution in [3.8, 4) is 0 Å². The topological polar surface area (TPSA) is 83.6 Å². The molecule has 1 amide bonds.